The molecule has 0 saturated carbocycles. The number of carbonyl (C=O) groups excluding carboxylic acids is 1. The maximum absolute atomic E-state index is 12.4. The second kappa shape index (κ2) is 10.9. The number of imidazole rings is 1. The lowest BCUT2D eigenvalue weighted by Crippen LogP contribution is -2.46. The molecule has 0 spiro atoms. The van der Waals surface area contributed by atoms with Crippen LogP contribution in [-0.4, -0.2) is 56.2 Å². The first kappa shape index (κ1) is 26.1. The number of esters is 1. The van der Waals surface area contributed by atoms with Crippen LogP contribution in [0, 0.1) is 6.92 Å². The van der Waals surface area contributed by atoms with Gasteiger partial charge in [0.1, 0.15) is 11.9 Å². The Hall–Kier alpha value is -3.01. The number of nitrogens with one attached hydrogen (secondary N) is 1. The maximum Gasteiger partial charge on any atom is 0.326 e. The van der Waals surface area contributed by atoms with Crippen molar-refractivity contribution in [2.75, 3.05) is 6.61 Å². The molecule has 2 N–H and O–H groups in total. The van der Waals surface area contributed by atoms with Gasteiger partial charge in [-0.15, -0.1) is 0 Å². The van der Waals surface area contributed by atoms with Crippen LogP contribution in [0.3, 0.4) is 0 Å². The highest BCUT2D eigenvalue weighted by Gasteiger charge is 2.26. The zero-order valence-electron chi connectivity index (χ0n) is 21.7. The fourth-order valence-electron chi connectivity index (χ4n) is 4.66. The molecule has 1 aromatic carbocycles. The molecule has 36 heavy (non-hydrogen) atoms. The molecule has 3 unspecified atom stereocenters. The van der Waals surface area contributed by atoms with Crippen molar-refractivity contribution in [1.29, 1.82) is 0 Å². The Morgan fingerprint density at radius 2 is 2.08 bits per heavy atom. The van der Waals surface area contributed by atoms with Crippen molar-refractivity contribution < 1.29 is 19.4 Å². The second-order valence-corrected chi connectivity index (χ2v) is 9.92. The van der Waals surface area contributed by atoms with Crippen LogP contribution in [0.1, 0.15) is 44.7 Å². The average molecular weight is 497 g/mol. The molecule has 1 aliphatic rings. The number of aliphatic hydroxyl groups is 1. The molecule has 4 rings (SSSR count). The summed E-state index contributed by atoms with van der Waals surface area (Å²) >= 11 is 0. The minimum atomic E-state index is -0.899. The van der Waals surface area contributed by atoms with Crippen LogP contribution < -0.4 is 10.9 Å². The van der Waals surface area contributed by atoms with Crippen LogP contribution in [0.5, 0.6) is 0 Å². The molecule has 3 heterocycles. The Bertz CT molecular complexity index is 1260. The summed E-state index contributed by atoms with van der Waals surface area (Å²) < 4.78 is 15.0. The summed E-state index contributed by atoms with van der Waals surface area (Å²) in [4.78, 5) is 29.6. The van der Waals surface area contributed by atoms with Crippen molar-refractivity contribution in [2.45, 2.75) is 78.0 Å². The Morgan fingerprint density at radius 1 is 1.31 bits per heavy atom. The van der Waals surface area contributed by atoms with E-state index >= 15 is 0 Å². The molecule has 1 saturated heterocycles. The zero-order chi connectivity index (χ0) is 26.0. The van der Waals surface area contributed by atoms with Gasteiger partial charge in [0.05, 0.1) is 35.9 Å². The van der Waals surface area contributed by atoms with Crippen LogP contribution in [0.2, 0.25) is 0 Å². The normalized spacial score (nSPS) is 17.6. The van der Waals surface area contributed by atoms with Crippen LogP contribution >= 0.6 is 0 Å². The molecular weight excluding hydrogens is 460 g/mol. The van der Waals surface area contributed by atoms with Gasteiger partial charge in [-0.25, -0.2) is 4.98 Å². The number of aryl methyl sites for hydroxylation is 2. The van der Waals surface area contributed by atoms with E-state index in [9.17, 15) is 14.7 Å². The first-order valence-corrected chi connectivity index (χ1v) is 12.5. The molecule has 194 valence electrons. The molecule has 3 aromatic rings. The Kier molecular flexibility index (Phi) is 7.92. The standard InChI is InChI=1S/C27H36N4O5/c1-16(2)36-27(34)24(18(4)32)28-13-19-8-9-22-23(12-19)31(15-21-7-6-10-35-21)25(29-22)20-11-17(3)26(33)30(5)14-20/h8-9,11-12,14,16,18,21,24,28,32H,6-7,10,13,15H2,1-5H3. The highest BCUT2D eigenvalue weighted by molar-refractivity contribution is 5.81. The first-order chi connectivity index (χ1) is 17.1. The molecule has 2 aromatic heterocycles. The smallest absolute Gasteiger partial charge is 0.326 e. The lowest BCUT2D eigenvalue weighted by Gasteiger charge is -2.21. The van der Waals surface area contributed by atoms with Gasteiger partial charge in [0.2, 0.25) is 0 Å². The van der Waals surface area contributed by atoms with Crippen molar-refractivity contribution >= 4 is 17.0 Å². The quantitative estimate of drug-likeness (QED) is 0.439. The molecule has 0 bridgehead atoms. The lowest BCUT2D eigenvalue weighted by molar-refractivity contribution is -0.152. The molecular formula is C27H36N4O5. The van der Waals surface area contributed by atoms with E-state index in [2.05, 4.69) is 16.0 Å². The number of aliphatic hydroxyl groups excluding tert-OH is 1. The predicted octanol–water partition coefficient (Wildman–Crippen LogP) is 2.68. The van der Waals surface area contributed by atoms with Gasteiger partial charge in [-0.3, -0.25) is 14.9 Å². The molecule has 1 fully saturated rings. The average Bonchev–Trinajstić information content (AvgIpc) is 3.45. The minimum Gasteiger partial charge on any atom is -0.462 e. The van der Waals surface area contributed by atoms with Crippen molar-refractivity contribution in [2.24, 2.45) is 7.05 Å². The van der Waals surface area contributed by atoms with Crippen LogP contribution in [0.25, 0.3) is 22.4 Å². The second-order valence-electron chi connectivity index (χ2n) is 9.92. The molecule has 9 nitrogen and oxygen atoms in total. The third kappa shape index (κ3) is 5.69. The van der Waals surface area contributed by atoms with Gasteiger partial charge in [0, 0.05) is 37.5 Å². The topological polar surface area (TPSA) is 108 Å². The van der Waals surface area contributed by atoms with Crippen molar-refractivity contribution in [1.82, 2.24) is 19.4 Å². The highest BCUT2D eigenvalue weighted by Crippen LogP contribution is 2.28. The number of ether oxygens (including phenoxy) is 2. The van der Waals surface area contributed by atoms with Crippen LogP contribution in [0.15, 0.2) is 35.3 Å². The molecule has 3 atom stereocenters. The van der Waals surface area contributed by atoms with Gasteiger partial charge in [-0.1, -0.05) is 6.07 Å². The van der Waals surface area contributed by atoms with E-state index in [0.717, 1.165) is 47.4 Å². The minimum absolute atomic E-state index is 0.0300. The Morgan fingerprint density at radius 3 is 2.72 bits per heavy atom. The molecule has 0 radical (unpaired) electrons. The van der Waals surface area contributed by atoms with E-state index in [0.29, 0.717) is 18.7 Å². The third-order valence-electron chi connectivity index (χ3n) is 6.46. The monoisotopic (exact) mass is 496 g/mol. The number of benzene rings is 1. The number of hydrogen-bond donors (Lipinski definition) is 2. The predicted molar refractivity (Wildman–Crippen MR) is 138 cm³/mol. The molecule has 1 aliphatic heterocycles. The maximum atomic E-state index is 12.4. The van der Waals surface area contributed by atoms with Gasteiger partial charge < -0.3 is 23.7 Å². The fraction of sp³-hybridized carbons (Fsp3) is 0.519. The Balaban J connectivity index is 1.69. The van der Waals surface area contributed by atoms with E-state index in [1.54, 1.807) is 32.4 Å². The molecule has 0 amide bonds. The van der Waals surface area contributed by atoms with Crippen molar-refractivity contribution in [3.05, 3.63) is 51.9 Å². The summed E-state index contributed by atoms with van der Waals surface area (Å²) in [5.74, 6) is 0.309. The van der Waals surface area contributed by atoms with E-state index in [1.807, 2.05) is 31.3 Å². The summed E-state index contributed by atoms with van der Waals surface area (Å²) in [6.45, 7) is 8.73. The van der Waals surface area contributed by atoms with Gasteiger partial charge in [0.15, 0.2) is 0 Å². The number of fused-ring (bicyclic) bond motifs is 1. The largest absolute Gasteiger partial charge is 0.462 e. The number of carbonyl (C=O) groups is 1. The van der Waals surface area contributed by atoms with E-state index in [-0.39, 0.29) is 17.8 Å². The number of rotatable bonds is 9. The summed E-state index contributed by atoms with van der Waals surface area (Å²) in [5.41, 5.74) is 4.23. The molecule has 0 aliphatic carbocycles. The van der Waals surface area contributed by atoms with Crippen molar-refractivity contribution in [3.8, 4) is 11.4 Å². The highest BCUT2D eigenvalue weighted by atomic mass is 16.5. The number of aromatic nitrogens is 3. The van der Waals surface area contributed by atoms with Crippen LogP contribution in [-0.2, 0) is 34.4 Å². The van der Waals surface area contributed by atoms with E-state index in [1.165, 1.54) is 0 Å². The van der Waals surface area contributed by atoms with Gasteiger partial charge >= 0.3 is 5.97 Å². The molecule has 9 heteroatoms. The summed E-state index contributed by atoms with van der Waals surface area (Å²) in [5, 5.41) is 13.3. The summed E-state index contributed by atoms with van der Waals surface area (Å²) in [7, 11) is 1.75. The van der Waals surface area contributed by atoms with Crippen molar-refractivity contribution in [3.63, 3.8) is 0 Å². The van der Waals surface area contributed by atoms with E-state index in [4.69, 9.17) is 14.5 Å². The first-order valence-electron chi connectivity index (χ1n) is 12.5. The van der Waals surface area contributed by atoms with Crippen LogP contribution in [0.4, 0.5) is 0 Å². The number of pyridine rings is 1. The zero-order valence-corrected chi connectivity index (χ0v) is 21.7. The third-order valence-corrected chi connectivity index (χ3v) is 6.46. The summed E-state index contributed by atoms with van der Waals surface area (Å²) in [6.07, 6.45) is 2.78. The SMILES string of the molecule is Cc1cc(-c2nc3ccc(CNC(C(=O)OC(C)C)C(C)O)cc3n2CC2CCCO2)cn(C)c1=O. The fourth-order valence-corrected chi connectivity index (χ4v) is 4.66. The number of nitrogens with zero attached hydrogens (tertiary/aromatic N) is 3. The summed E-state index contributed by atoms with van der Waals surface area (Å²) in [6, 6.07) is 7.02. The lowest BCUT2D eigenvalue weighted by atomic mass is 10.1. The van der Waals surface area contributed by atoms with Gasteiger partial charge in [-0.2, -0.15) is 0 Å². The van der Waals surface area contributed by atoms with Gasteiger partial charge in [-0.05, 0) is 64.3 Å². The van der Waals surface area contributed by atoms with E-state index < -0.39 is 18.1 Å². The number of hydrogen-bond acceptors (Lipinski definition) is 7. The Labute approximate surface area is 211 Å². The van der Waals surface area contributed by atoms with Gasteiger partial charge in [0.25, 0.3) is 5.56 Å².